The van der Waals surface area contributed by atoms with Crippen LogP contribution < -0.4 is 10.6 Å². The van der Waals surface area contributed by atoms with Crippen molar-refractivity contribution in [2.75, 3.05) is 13.1 Å². The Labute approximate surface area is 185 Å². The van der Waals surface area contributed by atoms with E-state index in [1.807, 2.05) is 18.2 Å². The second-order valence-electron chi connectivity index (χ2n) is 7.85. The van der Waals surface area contributed by atoms with Gasteiger partial charge in [0, 0.05) is 36.7 Å². The number of likely N-dealkylation sites (tertiary alicyclic amines) is 1. The minimum absolute atomic E-state index is 0.133. The molecule has 0 saturated carbocycles. The zero-order valence-electron chi connectivity index (χ0n) is 17.0. The Hall–Kier alpha value is -2.72. The first kappa shape index (κ1) is 22.5. The van der Waals surface area contributed by atoms with Crippen molar-refractivity contribution < 1.29 is 17.6 Å². The molecule has 2 aromatic carbocycles. The number of hydrogen-bond acceptors (Lipinski definition) is 4. The zero-order valence-corrected chi connectivity index (χ0v) is 17.8. The third kappa shape index (κ3) is 4.86. The smallest absolute Gasteiger partial charge is 0.299 e. The maximum atomic E-state index is 14.2. The van der Waals surface area contributed by atoms with Gasteiger partial charge in [0.2, 0.25) is 0 Å². The standard InChI is InChI=1S/C22H21F4N3O2S/c23-19-12-17(22(24,25)26)7-6-16(19)14-28-20(30)29(32-21(28)31)18-8-10-27(11-9-18)13-15-4-2-1-3-5-15/h1-7,12,18H,8-11,13-14H2. The first-order valence-corrected chi connectivity index (χ1v) is 10.9. The van der Waals surface area contributed by atoms with Gasteiger partial charge >= 0.3 is 16.7 Å². The Bertz CT molecular complexity index is 1190. The Morgan fingerprint density at radius 2 is 1.66 bits per heavy atom. The van der Waals surface area contributed by atoms with Gasteiger partial charge in [-0.2, -0.15) is 13.2 Å². The number of rotatable bonds is 5. The lowest BCUT2D eigenvalue weighted by Crippen LogP contribution is -2.37. The maximum absolute atomic E-state index is 14.2. The van der Waals surface area contributed by atoms with Crippen LogP contribution in [-0.4, -0.2) is 26.5 Å². The molecule has 170 valence electrons. The molecule has 2 heterocycles. The molecule has 0 spiro atoms. The van der Waals surface area contributed by atoms with Gasteiger partial charge in [0.1, 0.15) is 5.82 Å². The summed E-state index contributed by atoms with van der Waals surface area (Å²) in [4.78, 5) is 27.0. The van der Waals surface area contributed by atoms with E-state index in [0.29, 0.717) is 18.9 Å². The maximum Gasteiger partial charge on any atom is 0.416 e. The molecule has 1 fully saturated rings. The predicted octanol–water partition coefficient (Wildman–Crippen LogP) is 4.11. The number of aromatic nitrogens is 2. The topological polar surface area (TPSA) is 47.2 Å². The van der Waals surface area contributed by atoms with E-state index in [-0.39, 0.29) is 11.6 Å². The van der Waals surface area contributed by atoms with E-state index in [1.165, 1.54) is 9.52 Å². The summed E-state index contributed by atoms with van der Waals surface area (Å²) in [5.41, 5.74) is -0.603. The van der Waals surface area contributed by atoms with Crippen molar-refractivity contribution in [1.29, 1.82) is 0 Å². The molecule has 1 aliphatic rings. The second kappa shape index (κ2) is 9.03. The number of piperidine rings is 1. The van der Waals surface area contributed by atoms with Crippen LogP contribution >= 0.6 is 11.5 Å². The average Bonchev–Trinajstić information content (AvgIpc) is 3.04. The quantitative estimate of drug-likeness (QED) is 0.531. The summed E-state index contributed by atoms with van der Waals surface area (Å²) in [7, 11) is 0. The van der Waals surface area contributed by atoms with Crippen LogP contribution in [0, 0.1) is 5.82 Å². The molecule has 0 radical (unpaired) electrons. The van der Waals surface area contributed by atoms with Gasteiger partial charge < -0.3 is 0 Å². The van der Waals surface area contributed by atoms with Gasteiger partial charge in [0.05, 0.1) is 18.2 Å². The fraction of sp³-hybridized carbons (Fsp3) is 0.364. The molecule has 0 N–H and O–H groups in total. The molecular weight excluding hydrogens is 446 g/mol. The third-order valence-electron chi connectivity index (χ3n) is 5.66. The zero-order chi connectivity index (χ0) is 22.9. The molecule has 1 saturated heterocycles. The molecule has 4 rings (SSSR count). The van der Waals surface area contributed by atoms with Crippen LogP contribution in [0.25, 0.3) is 0 Å². The molecule has 0 amide bonds. The second-order valence-corrected chi connectivity index (χ2v) is 8.77. The van der Waals surface area contributed by atoms with E-state index in [1.54, 1.807) is 0 Å². The van der Waals surface area contributed by atoms with Gasteiger partial charge in [0.25, 0.3) is 0 Å². The van der Waals surface area contributed by atoms with Crippen molar-refractivity contribution in [2.24, 2.45) is 0 Å². The normalized spacial score (nSPS) is 15.9. The minimum atomic E-state index is -4.67. The third-order valence-corrected chi connectivity index (χ3v) is 6.69. The van der Waals surface area contributed by atoms with E-state index < -0.39 is 34.7 Å². The number of alkyl halides is 3. The molecular formula is C22H21F4N3O2S. The van der Waals surface area contributed by atoms with Gasteiger partial charge in [-0.15, -0.1) is 0 Å². The number of halogens is 4. The molecule has 3 aromatic rings. The SMILES string of the molecule is O=c1sn(C2CCN(Cc3ccccc3)CC2)c(=O)n1Cc1ccc(C(F)(F)F)cc1F. The molecule has 0 unspecified atom stereocenters. The Kier molecular flexibility index (Phi) is 6.34. The fourth-order valence-corrected chi connectivity index (χ4v) is 4.85. The average molecular weight is 467 g/mol. The summed E-state index contributed by atoms with van der Waals surface area (Å²) in [6, 6.07) is 12.0. The number of benzene rings is 2. The molecule has 1 aromatic heterocycles. The van der Waals surface area contributed by atoms with Crippen molar-refractivity contribution >= 4 is 11.5 Å². The minimum Gasteiger partial charge on any atom is -0.299 e. The largest absolute Gasteiger partial charge is 0.416 e. The highest BCUT2D eigenvalue weighted by atomic mass is 32.1. The molecule has 0 atom stereocenters. The summed E-state index contributed by atoms with van der Waals surface area (Å²) in [5, 5.41) is 0. The molecule has 0 bridgehead atoms. The lowest BCUT2D eigenvalue weighted by Gasteiger charge is -2.31. The first-order valence-electron chi connectivity index (χ1n) is 10.2. The molecule has 0 aliphatic carbocycles. The summed E-state index contributed by atoms with van der Waals surface area (Å²) in [5.74, 6) is -1.10. The van der Waals surface area contributed by atoms with Crippen molar-refractivity contribution in [1.82, 2.24) is 13.4 Å². The van der Waals surface area contributed by atoms with Gasteiger partial charge in [-0.25, -0.2) is 17.7 Å². The van der Waals surface area contributed by atoms with E-state index in [4.69, 9.17) is 0 Å². The van der Waals surface area contributed by atoms with Crippen molar-refractivity contribution in [2.45, 2.75) is 38.1 Å². The van der Waals surface area contributed by atoms with E-state index in [0.717, 1.165) is 47.9 Å². The predicted molar refractivity (Wildman–Crippen MR) is 113 cm³/mol. The Morgan fingerprint density at radius 1 is 0.969 bits per heavy atom. The Morgan fingerprint density at radius 3 is 2.28 bits per heavy atom. The van der Waals surface area contributed by atoms with Crippen LogP contribution in [0.3, 0.4) is 0 Å². The molecule has 5 nitrogen and oxygen atoms in total. The van der Waals surface area contributed by atoms with Crippen molar-refractivity contribution in [3.05, 3.63) is 91.2 Å². The summed E-state index contributed by atoms with van der Waals surface area (Å²) < 4.78 is 54.7. The fourth-order valence-electron chi connectivity index (χ4n) is 3.91. The van der Waals surface area contributed by atoms with Crippen molar-refractivity contribution in [3.8, 4) is 0 Å². The van der Waals surface area contributed by atoms with Gasteiger partial charge in [-0.1, -0.05) is 36.4 Å². The first-order chi connectivity index (χ1) is 15.2. The lowest BCUT2D eigenvalue weighted by atomic mass is 10.0. The summed E-state index contributed by atoms with van der Waals surface area (Å²) in [6.07, 6.45) is -3.27. The van der Waals surface area contributed by atoms with Crippen LogP contribution in [0.1, 0.15) is 35.6 Å². The van der Waals surface area contributed by atoms with E-state index >= 15 is 0 Å². The van der Waals surface area contributed by atoms with E-state index in [2.05, 4.69) is 17.0 Å². The molecule has 32 heavy (non-hydrogen) atoms. The van der Waals surface area contributed by atoms with Crippen LogP contribution in [0.2, 0.25) is 0 Å². The van der Waals surface area contributed by atoms with Crippen LogP contribution in [0.15, 0.2) is 58.1 Å². The summed E-state index contributed by atoms with van der Waals surface area (Å²) >= 11 is 0.776. The number of nitrogens with zero attached hydrogens (tertiary/aromatic N) is 3. The van der Waals surface area contributed by atoms with Crippen molar-refractivity contribution in [3.63, 3.8) is 0 Å². The van der Waals surface area contributed by atoms with Gasteiger partial charge in [0.15, 0.2) is 0 Å². The van der Waals surface area contributed by atoms with Gasteiger partial charge in [-0.3, -0.25) is 9.69 Å². The Balaban J connectivity index is 1.46. The van der Waals surface area contributed by atoms with Crippen LogP contribution in [-0.2, 0) is 19.3 Å². The van der Waals surface area contributed by atoms with Crippen LogP contribution in [0.4, 0.5) is 17.6 Å². The lowest BCUT2D eigenvalue weighted by molar-refractivity contribution is -0.137. The highest BCUT2D eigenvalue weighted by molar-refractivity contribution is 7.03. The van der Waals surface area contributed by atoms with Gasteiger partial charge in [-0.05, 0) is 30.5 Å². The molecule has 10 heteroatoms. The highest BCUT2D eigenvalue weighted by Crippen LogP contribution is 2.30. The monoisotopic (exact) mass is 467 g/mol. The van der Waals surface area contributed by atoms with Crippen LogP contribution in [0.5, 0.6) is 0 Å². The molecule has 1 aliphatic heterocycles. The van der Waals surface area contributed by atoms with E-state index in [9.17, 15) is 27.2 Å². The summed E-state index contributed by atoms with van der Waals surface area (Å²) in [6.45, 7) is 1.95. The number of hydrogen-bond donors (Lipinski definition) is 0. The highest BCUT2D eigenvalue weighted by Gasteiger charge is 2.31.